The van der Waals surface area contributed by atoms with Crippen molar-refractivity contribution in [2.24, 2.45) is 13.0 Å². The van der Waals surface area contributed by atoms with Crippen LogP contribution in [0.2, 0.25) is 0 Å². The molecule has 1 aliphatic rings. The zero-order valence-electron chi connectivity index (χ0n) is 17.1. The number of nitrogens with zero attached hydrogens (tertiary/aromatic N) is 5. The van der Waals surface area contributed by atoms with Gasteiger partial charge in [0.1, 0.15) is 17.7 Å². The van der Waals surface area contributed by atoms with Crippen LogP contribution in [0.5, 0.6) is 0 Å². The number of benzene rings is 2. The van der Waals surface area contributed by atoms with E-state index in [9.17, 15) is 4.39 Å². The van der Waals surface area contributed by atoms with E-state index < -0.39 is 5.82 Å². The van der Waals surface area contributed by atoms with E-state index in [1.165, 1.54) is 12.1 Å². The Morgan fingerprint density at radius 3 is 2.90 bits per heavy atom. The average Bonchev–Trinajstić information content (AvgIpc) is 3.50. The van der Waals surface area contributed by atoms with E-state index >= 15 is 0 Å². The highest BCUT2D eigenvalue weighted by Crippen LogP contribution is 2.29. The fraction of sp³-hybridized carbons (Fsp3) is 0.261. The van der Waals surface area contributed by atoms with Gasteiger partial charge in [-0.3, -0.25) is 4.68 Å². The number of rotatable bonds is 5. The third-order valence-electron chi connectivity index (χ3n) is 5.68. The minimum absolute atomic E-state index is 0.0266. The Labute approximate surface area is 179 Å². The van der Waals surface area contributed by atoms with Crippen LogP contribution in [0.4, 0.5) is 10.2 Å². The van der Waals surface area contributed by atoms with Crippen LogP contribution in [0.15, 0.2) is 48.7 Å². The maximum atomic E-state index is 14.4. The molecule has 1 atom stereocenters. The average molecular weight is 415 g/mol. The molecule has 31 heavy (non-hydrogen) atoms. The van der Waals surface area contributed by atoms with E-state index in [0.29, 0.717) is 11.5 Å². The summed E-state index contributed by atoms with van der Waals surface area (Å²) in [5, 5.41) is 26.1. The molecule has 0 unspecified atom stereocenters. The molecule has 0 saturated carbocycles. The van der Waals surface area contributed by atoms with Crippen LogP contribution in [0, 0.1) is 23.1 Å². The van der Waals surface area contributed by atoms with Gasteiger partial charge in [0.25, 0.3) is 0 Å². The van der Waals surface area contributed by atoms with Gasteiger partial charge in [-0.1, -0.05) is 6.07 Å². The van der Waals surface area contributed by atoms with Gasteiger partial charge in [0, 0.05) is 36.8 Å². The number of hydrogen-bond donors (Lipinski definition) is 2. The zero-order valence-corrected chi connectivity index (χ0v) is 17.1. The Hall–Kier alpha value is -3.70. The molecule has 1 aliphatic heterocycles. The summed E-state index contributed by atoms with van der Waals surface area (Å²) in [6, 6.07) is 14.4. The van der Waals surface area contributed by atoms with E-state index in [0.717, 1.165) is 54.2 Å². The second-order valence-electron chi connectivity index (χ2n) is 7.92. The van der Waals surface area contributed by atoms with E-state index in [4.69, 9.17) is 10.4 Å². The second-order valence-corrected chi connectivity index (χ2v) is 7.92. The van der Waals surface area contributed by atoms with Crippen molar-refractivity contribution >= 4 is 16.7 Å². The molecule has 0 spiro atoms. The molecule has 0 bridgehead atoms. The first kappa shape index (κ1) is 19.3. The summed E-state index contributed by atoms with van der Waals surface area (Å²) in [6.45, 7) is 2.87. The predicted octanol–water partition coefficient (Wildman–Crippen LogP) is 3.46. The van der Waals surface area contributed by atoms with Crippen LogP contribution in [-0.2, 0) is 7.05 Å². The number of nitriles is 1. The Balaban J connectivity index is 1.56. The highest BCUT2D eigenvalue weighted by Gasteiger charge is 2.17. The number of nitrogens with one attached hydrogen (secondary N) is 2. The van der Waals surface area contributed by atoms with Crippen molar-refractivity contribution in [3.8, 4) is 23.0 Å². The van der Waals surface area contributed by atoms with Crippen molar-refractivity contribution in [1.29, 1.82) is 5.26 Å². The molecule has 0 aliphatic carbocycles. The summed E-state index contributed by atoms with van der Waals surface area (Å²) in [5.74, 6) is 0.757. The van der Waals surface area contributed by atoms with Gasteiger partial charge in [-0.05, 0) is 55.8 Å². The van der Waals surface area contributed by atoms with Gasteiger partial charge in [0.05, 0.1) is 22.5 Å². The molecule has 8 heteroatoms. The van der Waals surface area contributed by atoms with Crippen molar-refractivity contribution < 1.29 is 4.39 Å². The fourth-order valence-electron chi connectivity index (χ4n) is 4.04. The lowest BCUT2D eigenvalue weighted by molar-refractivity contribution is 0.613. The van der Waals surface area contributed by atoms with Crippen molar-refractivity contribution in [3.05, 3.63) is 60.0 Å². The normalized spacial score (nSPS) is 16.0. The summed E-state index contributed by atoms with van der Waals surface area (Å²) >= 11 is 0. The molecule has 0 amide bonds. The molecule has 1 saturated heterocycles. The van der Waals surface area contributed by atoms with Gasteiger partial charge in [-0.2, -0.15) is 10.4 Å². The van der Waals surface area contributed by atoms with Gasteiger partial charge in [-0.15, -0.1) is 5.10 Å². The zero-order chi connectivity index (χ0) is 21.4. The molecule has 5 rings (SSSR count). The predicted molar refractivity (Wildman–Crippen MR) is 117 cm³/mol. The Morgan fingerprint density at radius 1 is 1.23 bits per heavy atom. The summed E-state index contributed by atoms with van der Waals surface area (Å²) in [4.78, 5) is 0. The molecule has 1 fully saturated rings. The topological polar surface area (TPSA) is 83.5 Å². The van der Waals surface area contributed by atoms with Gasteiger partial charge in [0.15, 0.2) is 0 Å². The van der Waals surface area contributed by atoms with Gasteiger partial charge < -0.3 is 10.6 Å². The molecule has 3 heterocycles. The maximum absolute atomic E-state index is 14.4. The number of anilines is 1. The molecule has 2 aromatic carbocycles. The van der Waals surface area contributed by atoms with Crippen molar-refractivity contribution in [2.45, 2.75) is 6.42 Å². The molecular weight excluding hydrogens is 393 g/mol. The summed E-state index contributed by atoms with van der Waals surface area (Å²) < 4.78 is 17.9. The van der Waals surface area contributed by atoms with Gasteiger partial charge in [0.2, 0.25) is 0 Å². The van der Waals surface area contributed by atoms with Crippen LogP contribution < -0.4 is 10.6 Å². The first-order valence-corrected chi connectivity index (χ1v) is 10.3. The largest absolute Gasteiger partial charge is 0.368 e. The second kappa shape index (κ2) is 7.85. The van der Waals surface area contributed by atoms with Gasteiger partial charge >= 0.3 is 0 Å². The van der Waals surface area contributed by atoms with Crippen LogP contribution in [0.1, 0.15) is 12.0 Å². The number of aromatic nitrogens is 4. The van der Waals surface area contributed by atoms with Crippen molar-refractivity contribution in [3.63, 3.8) is 0 Å². The first-order chi connectivity index (χ1) is 15.1. The minimum atomic E-state index is -0.540. The quantitative estimate of drug-likeness (QED) is 0.522. The van der Waals surface area contributed by atoms with Crippen molar-refractivity contribution in [2.75, 3.05) is 25.0 Å². The molecule has 2 aromatic heterocycles. The lowest BCUT2D eigenvalue weighted by Crippen LogP contribution is -2.17. The molecule has 0 radical (unpaired) electrons. The maximum Gasteiger partial charge on any atom is 0.149 e. The number of halogens is 1. The van der Waals surface area contributed by atoms with E-state index in [1.54, 1.807) is 10.7 Å². The van der Waals surface area contributed by atoms with Crippen molar-refractivity contribution in [1.82, 2.24) is 24.9 Å². The van der Waals surface area contributed by atoms with Crippen LogP contribution >= 0.6 is 0 Å². The SMILES string of the molecule is Cn1cc2cc(-n3nc(NC[C@H]4CCNC4)cc3-c3ccc(C#N)c(F)c3)ccc2n1. The molecule has 2 N–H and O–H groups in total. The minimum Gasteiger partial charge on any atom is -0.368 e. The highest BCUT2D eigenvalue weighted by molar-refractivity contribution is 5.81. The highest BCUT2D eigenvalue weighted by atomic mass is 19.1. The lowest BCUT2D eigenvalue weighted by Gasteiger charge is -2.09. The summed E-state index contributed by atoms with van der Waals surface area (Å²) in [6.07, 6.45) is 3.09. The van der Waals surface area contributed by atoms with Gasteiger partial charge in [-0.25, -0.2) is 9.07 Å². The third kappa shape index (κ3) is 3.76. The summed E-state index contributed by atoms with van der Waals surface area (Å²) in [7, 11) is 1.89. The fourth-order valence-corrected chi connectivity index (χ4v) is 4.04. The Morgan fingerprint density at radius 2 is 2.13 bits per heavy atom. The Kier molecular flexibility index (Phi) is 4.88. The molecular formula is C23H22FN7. The third-order valence-corrected chi connectivity index (χ3v) is 5.68. The number of hydrogen-bond acceptors (Lipinski definition) is 5. The van der Waals surface area contributed by atoms with E-state index in [-0.39, 0.29) is 5.56 Å². The van der Waals surface area contributed by atoms with Crippen LogP contribution in [-0.4, -0.2) is 39.2 Å². The monoisotopic (exact) mass is 415 g/mol. The number of aryl methyl sites for hydroxylation is 1. The molecule has 4 aromatic rings. The number of fused-ring (bicyclic) bond motifs is 1. The first-order valence-electron chi connectivity index (χ1n) is 10.3. The Bertz CT molecular complexity index is 1290. The van der Waals surface area contributed by atoms with E-state index in [1.807, 2.05) is 48.3 Å². The summed E-state index contributed by atoms with van der Waals surface area (Å²) in [5.41, 5.74) is 3.19. The molecule has 156 valence electrons. The molecule has 7 nitrogen and oxygen atoms in total. The van der Waals surface area contributed by atoms with Crippen LogP contribution in [0.25, 0.3) is 27.8 Å². The standard InChI is InChI=1S/C23H22FN7/c1-30-14-18-8-19(4-5-21(18)28-30)31-22(16-2-3-17(11-25)20(24)9-16)10-23(29-31)27-13-15-6-7-26-12-15/h2-5,8-10,14-15,26H,6-7,12-13H2,1H3,(H,27,29)/t15-/m0/s1. The van der Waals surface area contributed by atoms with Crippen LogP contribution in [0.3, 0.4) is 0 Å². The smallest absolute Gasteiger partial charge is 0.149 e. The lowest BCUT2D eigenvalue weighted by atomic mass is 10.1. The van der Waals surface area contributed by atoms with E-state index in [2.05, 4.69) is 15.7 Å².